The summed E-state index contributed by atoms with van der Waals surface area (Å²) >= 11 is 0. The number of nitrogen functional groups attached to an aromatic ring is 1. The monoisotopic (exact) mass is 308 g/mol. The lowest BCUT2D eigenvalue weighted by Crippen LogP contribution is -2.46. The van der Waals surface area contributed by atoms with Crippen LogP contribution in [0, 0.1) is 11.6 Å². The summed E-state index contributed by atoms with van der Waals surface area (Å²) in [6.45, 7) is 3.05. The zero-order chi connectivity index (χ0) is 15.6. The zero-order valence-electron chi connectivity index (χ0n) is 11.3. The Bertz CT molecular complexity index is 593. The van der Waals surface area contributed by atoms with Gasteiger partial charge in [0.05, 0.1) is 0 Å². The Morgan fingerprint density at radius 2 is 2.00 bits per heavy atom. The molecule has 1 unspecified atom stereocenters. The maximum Gasteiger partial charge on any atom is 0.244 e. The number of hydrogen-bond acceptors (Lipinski definition) is 4. The van der Waals surface area contributed by atoms with Gasteiger partial charge in [-0.3, -0.25) is 0 Å². The van der Waals surface area contributed by atoms with Crippen molar-refractivity contribution < 1.29 is 22.3 Å². The second-order valence-corrected chi connectivity index (χ2v) is 6.46. The van der Waals surface area contributed by atoms with Crippen LogP contribution in [0.3, 0.4) is 0 Å². The van der Waals surface area contributed by atoms with Crippen LogP contribution in [0.15, 0.2) is 17.0 Å². The van der Waals surface area contributed by atoms with Crippen LogP contribution < -0.4 is 10.5 Å². The molecule has 0 aliphatic rings. The SMILES string of the molecule is CCC(C)(CCO)NS(=O)(=O)c1cc(N)cc(F)c1F. The van der Waals surface area contributed by atoms with E-state index in [1.807, 2.05) is 0 Å². The predicted octanol–water partition coefficient (Wildman–Crippen LogP) is 1.38. The molecule has 4 N–H and O–H groups in total. The first-order chi connectivity index (χ1) is 9.15. The molecule has 0 aromatic heterocycles. The Balaban J connectivity index is 3.24. The first-order valence-corrected chi connectivity index (χ1v) is 7.53. The zero-order valence-corrected chi connectivity index (χ0v) is 12.1. The lowest BCUT2D eigenvalue weighted by molar-refractivity contribution is 0.233. The highest BCUT2D eigenvalue weighted by Crippen LogP contribution is 2.24. The fourth-order valence-electron chi connectivity index (χ4n) is 1.71. The fourth-order valence-corrected chi connectivity index (χ4v) is 3.34. The van der Waals surface area contributed by atoms with Crippen LogP contribution in [0.5, 0.6) is 0 Å². The maximum atomic E-state index is 13.6. The quantitative estimate of drug-likeness (QED) is 0.692. The van der Waals surface area contributed by atoms with Crippen molar-refractivity contribution in [3.05, 3.63) is 23.8 Å². The molecule has 0 heterocycles. The number of aliphatic hydroxyl groups is 1. The van der Waals surface area contributed by atoms with E-state index in [0.717, 1.165) is 6.07 Å². The molecule has 1 aromatic rings. The minimum atomic E-state index is -4.28. The lowest BCUT2D eigenvalue weighted by Gasteiger charge is -2.28. The highest BCUT2D eigenvalue weighted by molar-refractivity contribution is 7.89. The summed E-state index contributed by atoms with van der Waals surface area (Å²) in [5, 5.41) is 8.95. The van der Waals surface area contributed by atoms with Gasteiger partial charge in [0.25, 0.3) is 0 Å². The van der Waals surface area contributed by atoms with Gasteiger partial charge in [-0.25, -0.2) is 21.9 Å². The summed E-state index contributed by atoms with van der Waals surface area (Å²) in [4.78, 5) is -0.840. The summed E-state index contributed by atoms with van der Waals surface area (Å²) in [5.41, 5.74) is 4.19. The second kappa shape index (κ2) is 6.02. The van der Waals surface area contributed by atoms with Crippen LogP contribution in [-0.2, 0) is 10.0 Å². The normalized spacial score (nSPS) is 15.1. The van der Waals surface area contributed by atoms with Crippen LogP contribution >= 0.6 is 0 Å². The Kier molecular flexibility index (Phi) is 5.06. The van der Waals surface area contributed by atoms with Crippen molar-refractivity contribution in [1.82, 2.24) is 4.72 Å². The van der Waals surface area contributed by atoms with Gasteiger partial charge in [0.15, 0.2) is 11.6 Å². The summed E-state index contributed by atoms with van der Waals surface area (Å²) in [7, 11) is -4.28. The molecule has 0 spiro atoms. The van der Waals surface area contributed by atoms with E-state index in [0.29, 0.717) is 12.5 Å². The first kappa shape index (κ1) is 16.8. The third kappa shape index (κ3) is 3.65. The number of halogens is 2. The van der Waals surface area contributed by atoms with Crippen LogP contribution in [0.25, 0.3) is 0 Å². The number of nitrogens with one attached hydrogen (secondary N) is 1. The van der Waals surface area contributed by atoms with Gasteiger partial charge >= 0.3 is 0 Å². The molecule has 5 nitrogen and oxygen atoms in total. The molecule has 0 aliphatic carbocycles. The minimum Gasteiger partial charge on any atom is -0.399 e. The van der Waals surface area contributed by atoms with Gasteiger partial charge in [-0.2, -0.15) is 0 Å². The smallest absolute Gasteiger partial charge is 0.244 e. The number of benzene rings is 1. The molecular formula is C12H18F2N2O3S. The summed E-state index contributed by atoms with van der Waals surface area (Å²) < 4.78 is 53.5. The minimum absolute atomic E-state index is 0.148. The second-order valence-electron chi connectivity index (χ2n) is 4.81. The molecule has 0 saturated heterocycles. The topological polar surface area (TPSA) is 92.4 Å². The van der Waals surface area contributed by atoms with Crippen molar-refractivity contribution in [3.63, 3.8) is 0 Å². The summed E-state index contributed by atoms with van der Waals surface area (Å²) in [6.07, 6.45) is 0.522. The molecule has 0 bridgehead atoms. The number of sulfonamides is 1. The van der Waals surface area contributed by atoms with Gasteiger partial charge in [-0.1, -0.05) is 6.92 Å². The standard InChI is InChI=1S/C12H18F2N2O3S/c1-3-12(2,4-5-17)16-20(18,19)10-7-8(15)6-9(13)11(10)14/h6-7,16-17H,3-5,15H2,1-2H3. The van der Waals surface area contributed by atoms with Gasteiger partial charge in [-0.05, 0) is 31.9 Å². The van der Waals surface area contributed by atoms with Crippen molar-refractivity contribution in [2.75, 3.05) is 12.3 Å². The lowest BCUT2D eigenvalue weighted by atomic mass is 9.97. The Morgan fingerprint density at radius 1 is 1.40 bits per heavy atom. The molecule has 1 aromatic carbocycles. The third-order valence-corrected chi connectivity index (χ3v) is 4.77. The fraction of sp³-hybridized carbons (Fsp3) is 0.500. The average molecular weight is 308 g/mol. The van der Waals surface area contributed by atoms with Gasteiger partial charge < -0.3 is 10.8 Å². The van der Waals surface area contributed by atoms with Gasteiger partial charge in [0.2, 0.25) is 10.0 Å². The Morgan fingerprint density at radius 3 is 2.50 bits per heavy atom. The number of anilines is 1. The van der Waals surface area contributed by atoms with Crippen molar-refractivity contribution >= 4 is 15.7 Å². The van der Waals surface area contributed by atoms with Gasteiger partial charge in [0.1, 0.15) is 4.90 Å². The maximum absolute atomic E-state index is 13.6. The Hall–Kier alpha value is -1.25. The summed E-state index contributed by atoms with van der Waals surface area (Å²) in [5.74, 6) is -2.81. The number of rotatable bonds is 6. The van der Waals surface area contributed by atoms with Crippen LogP contribution in [-0.4, -0.2) is 25.7 Å². The van der Waals surface area contributed by atoms with E-state index in [2.05, 4.69) is 4.72 Å². The Labute approximate surface area is 116 Å². The number of nitrogens with two attached hydrogens (primary N) is 1. The molecule has 0 saturated carbocycles. The molecular weight excluding hydrogens is 290 g/mol. The van der Waals surface area contributed by atoms with Crippen LogP contribution in [0.4, 0.5) is 14.5 Å². The molecule has 114 valence electrons. The van der Waals surface area contributed by atoms with Crippen molar-refractivity contribution in [1.29, 1.82) is 0 Å². The van der Waals surface area contributed by atoms with Crippen LogP contribution in [0.1, 0.15) is 26.7 Å². The third-order valence-electron chi connectivity index (χ3n) is 3.13. The van der Waals surface area contributed by atoms with Crippen molar-refractivity contribution in [3.8, 4) is 0 Å². The van der Waals surface area contributed by atoms with Crippen LogP contribution in [0.2, 0.25) is 0 Å². The highest BCUT2D eigenvalue weighted by Gasteiger charge is 2.31. The average Bonchev–Trinajstić information content (AvgIpc) is 2.33. The van der Waals surface area contributed by atoms with E-state index in [1.54, 1.807) is 13.8 Å². The van der Waals surface area contributed by atoms with Gasteiger partial charge in [0, 0.05) is 17.8 Å². The highest BCUT2D eigenvalue weighted by atomic mass is 32.2. The van der Waals surface area contributed by atoms with Crippen molar-refractivity contribution in [2.45, 2.75) is 37.1 Å². The number of hydrogen-bond donors (Lipinski definition) is 3. The van der Waals surface area contributed by atoms with Gasteiger partial charge in [-0.15, -0.1) is 0 Å². The summed E-state index contributed by atoms with van der Waals surface area (Å²) in [6, 6.07) is 1.57. The van der Waals surface area contributed by atoms with E-state index in [9.17, 15) is 17.2 Å². The molecule has 1 atom stereocenters. The largest absolute Gasteiger partial charge is 0.399 e. The van der Waals surface area contributed by atoms with E-state index in [-0.39, 0.29) is 18.7 Å². The van der Waals surface area contributed by atoms with E-state index in [4.69, 9.17) is 10.8 Å². The molecule has 0 fully saturated rings. The molecule has 1 rings (SSSR count). The predicted molar refractivity (Wildman–Crippen MR) is 71.5 cm³/mol. The molecule has 0 radical (unpaired) electrons. The van der Waals surface area contributed by atoms with E-state index in [1.165, 1.54) is 0 Å². The van der Waals surface area contributed by atoms with E-state index >= 15 is 0 Å². The number of aliphatic hydroxyl groups excluding tert-OH is 1. The van der Waals surface area contributed by atoms with E-state index < -0.39 is 32.1 Å². The molecule has 8 heteroatoms. The van der Waals surface area contributed by atoms with Crippen molar-refractivity contribution in [2.24, 2.45) is 0 Å². The molecule has 20 heavy (non-hydrogen) atoms. The molecule has 0 amide bonds. The molecule has 0 aliphatic heterocycles. The first-order valence-electron chi connectivity index (χ1n) is 6.04.